The first kappa shape index (κ1) is 17.8. The third kappa shape index (κ3) is 4.95. The van der Waals surface area contributed by atoms with Crippen LogP contribution in [0.2, 0.25) is 0 Å². The average molecular weight is 309 g/mol. The summed E-state index contributed by atoms with van der Waals surface area (Å²) in [5.41, 5.74) is 0.951. The lowest BCUT2D eigenvalue weighted by atomic mass is 10.0. The Bertz CT molecular complexity index is 529. The van der Waals surface area contributed by atoms with Crippen LogP contribution in [0.5, 0.6) is 11.5 Å². The molecule has 0 saturated carbocycles. The van der Waals surface area contributed by atoms with E-state index in [2.05, 4.69) is 5.32 Å². The van der Waals surface area contributed by atoms with E-state index < -0.39 is 17.9 Å². The summed E-state index contributed by atoms with van der Waals surface area (Å²) < 4.78 is 10.4. The highest BCUT2D eigenvalue weighted by atomic mass is 16.5. The van der Waals surface area contributed by atoms with Crippen molar-refractivity contribution in [2.75, 3.05) is 14.2 Å². The van der Waals surface area contributed by atoms with Gasteiger partial charge in [0.15, 0.2) is 11.5 Å². The second kappa shape index (κ2) is 8.26. The number of carbonyl (C=O) groups excluding carboxylic acids is 1. The summed E-state index contributed by atoms with van der Waals surface area (Å²) in [6, 6.07) is 5.09. The number of rotatable bonds is 8. The van der Waals surface area contributed by atoms with Crippen molar-refractivity contribution in [1.82, 2.24) is 5.32 Å². The topological polar surface area (TPSA) is 84.9 Å². The van der Waals surface area contributed by atoms with E-state index in [-0.39, 0.29) is 12.3 Å². The van der Waals surface area contributed by atoms with Crippen molar-refractivity contribution in [3.05, 3.63) is 23.8 Å². The summed E-state index contributed by atoms with van der Waals surface area (Å²) in [5.74, 6) is -0.457. The van der Waals surface area contributed by atoms with Crippen LogP contribution in [-0.2, 0) is 16.0 Å². The predicted molar refractivity (Wildman–Crippen MR) is 82.3 cm³/mol. The zero-order valence-corrected chi connectivity index (χ0v) is 13.4. The van der Waals surface area contributed by atoms with Crippen molar-refractivity contribution in [3.63, 3.8) is 0 Å². The molecule has 6 heteroatoms. The number of carboxylic acid groups (broad SMARTS) is 1. The Morgan fingerprint density at radius 2 is 1.82 bits per heavy atom. The molecule has 1 rings (SSSR count). The van der Waals surface area contributed by atoms with Crippen LogP contribution in [-0.4, -0.2) is 37.2 Å². The monoisotopic (exact) mass is 309 g/mol. The first-order chi connectivity index (χ1) is 10.4. The molecule has 0 spiro atoms. The highest BCUT2D eigenvalue weighted by Gasteiger charge is 2.20. The van der Waals surface area contributed by atoms with E-state index in [1.165, 1.54) is 0 Å². The number of nitrogens with one attached hydrogen (secondary N) is 1. The van der Waals surface area contributed by atoms with Crippen LogP contribution in [0.15, 0.2) is 18.2 Å². The Morgan fingerprint density at radius 1 is 1.18 bits per heavy atom. The van der Waals surface area contributed by atoms with Gasteiger partial charge in [-0.1, -0.05) is 6.07 Å². The van der Waals surface area contributed by atoms with E-state index in [1.54, 1.807) is 34.1 Å². The SMILES string of the molecule is COc1ccc(CCC(=O)NC(C)C(C)C(=O)O)cc1OC. The summed E-state index contributed by atoms with van der Waals surface area (Å²) in [5, 5.41) is 11.6. The molecule has 1 aromatic rings. The smallest absolute Gasteiger partial charge is 0.308 e. The molecule has 0 aromatic heterocycles. The molecule has 1 amide bonds. The molecule has 0 heterocycles. The van der Waals surface area contributed by atoms with Crippen LogP contribution in [0.4, 0.5) is 0 Å². The maximum absolute atomic E-state index is 11.9. The Balaban J connectivity index is 2.55. The molecule has 0 aliphatic rings. The molecule has 0 radical (unpaired) electrons. The van der Waals surface area contributed by atoms with E-state index in [1.807, 2.05) is 12.1 Å². The number of aliphatic carboxylic acids is 1. The van der Waals surface area contributed by atoms with Crippen molar-refractivity contribution >= 4 is 11.9 Å². The van der Waals surface area contributed by atoms with E-state index in [4.69, 9.17) is 14.6 Å². The molecular formula is C16H23NO5. The van der Waals surface area contributed by atoms with E-state index in [0.717, 1.165) is 5.56 Å². The van der Waals surface area contributed by atoms with Crippen LogP contribution in [0.1, 0.15) is 25.8 Å². The molecule has 0 aliphatic heterocycles. The maximum Gasteiger partial charge on any atom is 0.308 e. The lowest BCUT2D eigenvalue weighted by Crippen LogP contribution is -2.40. The van der Waals surface area contributed by atoms with Gasteiger partial charge in [0.1, 0.15) is 0 Å². The third-order valence-electron chi connectivity index (χ3n) is 3.62. The number of benzene rings is 1. The summed E-state index contributed by atoms with van der Waals surface area (Å²) in [4.78, 5) is 22.7. The largest absolute Gasteiger partial charge is 0.493 e. The molecule has 0 saturated heterocycles. The van der Waals surface area contributed by atoms with Gasteiger partial charge in [0, 0.05) is 12.5 Å². The summed E-state index contributed by atoms with van der Waals surface area (Å²) >= 11 is 0. The van der Waals surface area contributed by atoms with Gasteiger partial charge in [-0.25, -0.2) is 0 Å². The Hall–Kier alpha value is -2.24. The number of carboxylic acids is 1. The number of hydrogen-bond donors (Lipinski definition) is 2. The van der Waals surface area contributed by atoms with Crippen molar-refractivity contribution in [1.29, 1.82) is 0 Å². The van der Waals surface area contributed by atoms with Gasteiger partial charge in [-0.2, -0.15) is 0 Å². The van der Waals surface area contributed by atoms with Gasteiger partial charge >= 0.3 is 5.97 Å². The van der Waals surface area contributed by atoms with Gasteiger partial charge in [-0.15, -0.1) is 0 Å². The fourth-order valence-corrected chi connectivity index (χ4v) is 1.96. The second-order valence-electron chi connectivity index (χ2n) is 5.17. The van der Waals surface area contributed by atoms with Gasteiger partial charge in [-0.3, -0.25) is 9.59 Å². The Morgan fingerprint density at radius 3 is 2.36 bits per heavy atom. The number of amides is 1. The van der Waals surface area contributed by atoms with Crippen LogP contribution in [0, 0.1) is 5.92 Å². The third-order valence-corrected chi connectivity index (χ3v) is 3.62. The van der Waals surface area contributed by atoms with E-state index in [9.17, 15) is 9.59 Å². The molecule has 6 nitrogen and oxygen atoms in total. The minimum absolute atomic E-state index is 0.171. The first-order valence-corrected chi connectivity index (χ1v) is 7.12. The molecule has 0 aliphatic carbocycles. The van der Waals surface area contributed by atoms with Gasteiger partial charge in [0.25, 0.3) is 0 Å². The van der Waals surface area contributed by atoms with Gasteiger partial charge in [-0.05, 0) is 38.0 Å². The zero-order chi connectivity index (χ0) is 16.7. The van der Waals surface area contributed by atoms with Crippen LogP contribution < -0.4 is 14.8 Å². The molecule has 0 bridgehead atoms. The molecule has 22 heavy (non-hydrogen) atoms. The van der Waals surface area contributed by atoms with Gasteiger partial charge in [0.05, 0.1) is 20.1 Å². The lowest BCUT2D eigenvalue weighted by molar-refractivity contribution is -0.142. The average Bonchev–Trinajstić information content (AvgIpc) is 2.51. The fraction of sp³-hybridized carbons (Fsp3) is 0.500. The second-order valence-corrected chi connectivity index (χ2v) is 5.17. The highest BCUT2D eigenvalue weighted by Crippen LogP contribution is 2.27. The van der Waals surface area contributed by atoms with Crippen molar-refractivity contribution in [3.8, 4) is 11.5 Å². The van der Waals surface area contributed by atoms with Crippen LogP contribution >= 0.6 is 0 Å². The minimum atomic E-state index is -0.923. The van der Waals surface area contributed by atoms with Crippen LogP contribution in [0.3, 0.4) is 0 Å². The summed E-state index contributed by atoms with van der Waals surface area (Å²) in [7, 11) is 3.12. The molecular weight excluding hydrogens is 286 g/mol. The Kier molecular flexibility index (Phi) is 6.69. The summed E-state index contributed by atoms with van der Waals surface area (Å²) in [6.07, 6.45) is 0.826. The molecule has 2 unspecified atom stereocenters. The Labute approximate surface area is 130 Å². The normalized spacial score (nSPS) is 13.1. The quantitative estimate of drug-likeness (QED) is 0.765. The zero-order valence-electron chi connectivity index (χ0n) is 13.4. The van der Waals surface area contributed by atoms with Gasteiger partial charge < -0.3 is 19.9 Å². The van der Waals surface area contributed by atoms with E-state index >= 15 is 0 Å². The number of hydrogen-bond acceptors (Lipinski definition) is 4. The fourth-order valence-electron chi connectivity index (χ4n) is 1.96. The molecule has 2 N–H and O–H groups in total. The lowest BCUT2D eigenvalue weighted by Gasteiger charge is -2.17. The highest BCUT2D eigenvalue weighted by molar-refractivity contribution is 5.78. The van der Waals surface area contributed by atoms with Gasteiger partial charge in [0.2, 0.25) is 5.91 Å². The molecule has 122 valence electrons. The molecule has 0 fully saturated rings. The first-order valence-electron chi connectivity index (χ1n) is 7.12. The van der Waals surface area contributed by atoms with Crippen LogP contribution in [0.25, 0.3) is 0 Å². The molecule has 2 atom stereocenters. The summed E-state index contributed by atoms with van der Waals surface area (Å²) in [6.45, 7) is 3.26. The van der Waals surface area contributed by atoms with Crippen molar-refractivity contribution in [2.45, 2.75) is 32.7 Å². The minimum Gasteiger partial charge on any atom is -0.493 e. The number of methoxy groups -OCH3 is 2. The maximum atomic E-state index is 11.9. The number of aryl methyl sites for hydroxylation is 1. The number of ether oxygens (including phenoxy) is 2. The van der Waals surface area contributed by atoms with E-state index in [0.29, 0.717) is 17.9 Å². The number of carbonyl (C=O) groups is 2. The van der Waals surface area contributed by atoms with Crippen molar-refractivity contribution < 1.29 is 24.2 Å². The standard InChI is InChI=1S/C16H23NO5/c1-10(16(19)20)11(2)17-15(18)8-6-12-5-7-13(21-3)14(9-12)22-4/h5,7,9-11H,6,8H2,1-4H3,(H,17,18)(H,19,20). The predicted octanol–water partition coefficient (Wildman–Crippen LogP) is 1.86. The molecule has 1 aromatic carbocycles. The van der Waals surface area contributed by atoms with Crippen molar-refractivity contribution in [2.24, 2.45) is 5.92 Å².